The van der Waals surface area contributed by atoms with Gasteiger partial charge in [-0.1, -0.05) is 28.1 Å². The molecular weight excluding hydrogens is 460 g/mol. The summed E-state index contributed by atoms with van der Waals surface area (Å²) in [6.45, 7) is 1.60. The van der Waals surface area contributed by atoms with Crippen molar-refractivity contribution in [2.75, 3.05) is 32.8 Å². The van der Waals surface area contributed by atoms with Crippen molar-refractivity contribution in [2.45, 2.75) is 0 Å². The van der Waals surface area contributed by atoms with E-state index in [1.54, 1.807) is 17.0 Å². The summed E-state index contributed by atoms with van der Waals surface area (Å²) in [4.78, 5) is 40.1. The molecule has 0 unspecified atom stereocenters. The van der Waals surface area contributed by atoms with E-state index in [-0.39, 0.29) is 17.4 Å². The Morgan fingerprint density at radius 1 is 1.17 bits per heavy atom. The largest absolute Gasteiger partial charge is 0.457 e. The average Bonchev–Trinajstić information content (AvgIpc) is 3.29. The number of benzene rings is 1. The Labute approximate surface area is 179 Å². The number of nitrogens with zero attached hydrogens (tertiary/aromatic N) is 2. The molecule has 1 aromatic heterocycles. The first kappa shape index (κ1) is 19.9. The van der Waals surface area contributed by atoms with E-state index < -0.39 is 11.1 Å². The van der Waals surface area contributed by atoms with E-state index in [9.17, 15) is 14.4 Å². The van der Waals surface area contributed by atoms with Crippen molar-refractivity contribution in [3.8, 4) is 11.3 Å². The van der Waals surface area contributed by atoms with Crippen LogP contribution in [0.2, 0.25) is 0 Å². The van der Waals surface area contributed by atoms with Gasteiger partial charge in [0.1, 0.15) is 18.1 Å². The SMILES string of the molecule is O=C(CN1C(=O)S/C(=C\c2ccc(-c3cccc(Br)c3)o2)C1=O)N1CCOCC1. The maximum absolute atomic E-state index is 12.6. The lowest BCUT2D eigenvalue weighted by molar-refractivity contribution is -0.139. The second kappa shape index (κ2) is 8.56. The van der Waals surface area contributed by atoms with Crippen LogP contribution in [0.1, 0.15) is 5.76 Å². The maximum Gasteiger partial charge on any atom is 0.294 e. The number of ether oxygens (including phenoxy) is 1. The number of rotatable bonds is 4. The van der Waals surface area contributed by atoms with Gasteiger partial charge in [0.25, 0.3) is 11.1 Å². The predicted molar refractivity (Wildman–Crippen MR) is 112 cm³/mol. The lowest BCUT2D eigenvalue weighted by atomic mass is 10.2. The van der Waals surface area contributed by atoms with Crippen LogP contribution < -0.4 is 0 Å². The summed E-state index contributed by atoms with van der Waals surface area (Å²) in [6.07, 6.45) is 1.53. The monoisotopic (exact) mass is 476 g/mol. The van der Waals surface area contributed by atoms with Crippen LogP contribution in [0.5, 0.6) is 0 Å². The predicted octanol–water partition coefficient (Wildman–Crippen LogP) is 3.60. The van der Waals surface area contributed by atoms with Crippen molar-refractivity contribution in [2.24, 2.45) is 0 Å². The molecule has 2 aromatic rings. The van der Waals surface area contributed by atoms with Crippen molar-refractivity contribution in [1.29, 1.82) is 0 Å². The average molecular weight is 477 g/mol. The fraction of sp³-hybridized carbons (Fsp3) is 0.250. The van der Waals surface area contributed by atoms with Crippen molar-refractivity contribution < 1.29 is 23.5 Å². The van der Waals surface area contributed by atoms with Gasteiger partial charge in [0.15, 0.2) is 0 Å². The quantitative estimate of drug-likeness (QED) is 0.627. The Kier molecular flexibility index (Phi) is 5.89. The summed E-state index contributed by atoms with van der Waals surface area (Å²) in [5.41, 5.74) is 0.892. The molecule has 0 aliphatic carbocycles. The summed E-state index contributed by atoms with van der Waals surface area (Å²) >= 11 is 4.23. The fourth-order valence-electron chi connectivity index (χ4n) is 3.04. The van der Waals surface area contributed by atoms with Gasteiger partial charge in [0.2, 0.25) is 5.91 Å². The van der Waals surface area contributed by atoms with Crippen molar-refractivity contribution in [3.05, 3.63) is 51.5 Å². The molecule has 7 nitrogen and oxygen atoms in total. The highest BCUT2D eigenvalue weighted by molar-refractivity contribution is 9.10. The zero-order chi connectivity index (χ0) is 20.4. The number of carbonyl (C=O) groups is 3. The molecule has 1 aromatic carbocycles. The van der Waals surface area contributed by atoms with Gasteiger partial charge in [-0.25, -0.2) is 0 Å². The van der Waals surface area contributed by atoms with E-state index >= 15 is 0 Å². The maximum atomic E-state index is 12.6. The Morgan fingerprint density at radius 2 is 1.97 bits per heavy atom. The third-order valence-electron chi connectivity index (χ3n) is 4.54. The Morgan fingerprint density at radius 3 is 2.72 bits per heavy atom. The van der Waals surface area contributed by atoms with Crippen molar-refractivity contribution >= 4 is 50.8 Å². The van der Waals surface area contributed by atoms with Crippen LogP contribution in [-0.2, 0) is 14.3 Å². The Hall–Kier alpha value is -2.36. The number of carbonyl (C=O) groups excluding carboxylic acids is 3. The van der Waals surface area contributed by atoms with Crippen LogP contribution in [0.25, 0.3) is 17.4 Å². The first-order valence-corrected chi connectivity index (χ1v) is 10.6. The van der Waals surface area contributed by atoms with E-state index in [0.29, 0.717) is 37.8 Å². The molecule has 0 bridgehead atoms. The number of hydrogen-bond acceptors (Lipinski definition) is 6. The van der Waals surface area contributed by atoms with E-state index in [4.69, 9.17) is 9.15 Å². The highest BCUT2D eigenvalue weighted by Gasteiger charge is 2.37. The number of halogens is 1. The number of hydrogen-bond donors (Lipinski definition) is 0. The molecule has 9 heteroatoms. The van der Waals surface area contributed by atoms with Crippen LogP contribution in [0, 0.1) is 0 Å². The lowest BCUT2D eigenvalue weighted by Crippen LogP contribution is -2.46. The zero-order valence-electron chi connectivity index (χ0n) is 15.3. The zero-order valence-corrected chi connectivity index (χ0v) is 17.7. The molecule has 2 aliphatic rings. The summed E-state index contributed by atoms with van der Waals surface area (Å²) in [6, 6.07) is 11.2. The minimum Gasteiger partial charge on any atom is -0.457 e. The van der Waals surface area contributed by atoms with Gasteiger partial charge >= 0.3 is 0 Å². The van der Waals surface area contributed by atoms with E-state index in [1.165, 1.54) is 6.08 Å². The molecule has 2 saturated heterocycles. The number of morpholine rings is 1. The number of furan rings is 1. The molecule has 0 spiro atoms. The summed E-state index contributed by atoms with van der Waals surface area (Å²) in [7, 11) is 0. The van der Waals surface area contributed by atoms with Gasteiger partial charge in [-0.3, -0.25) is 19.3 Å². The number of thioether (sulfide) groups is 1. The minimum absolute atomic E-state index is 0.236. The molecule has 4 rings (SSSR count). The summed E-state index contributed by atoms with van der Waals surface area (Å²) in [5.74, 6) is 0.373. The molecule has 0 radical (unpaired) electrons. The van der Waals surface area contributed by atoms with Gasteiger partial charge in [-0.05, 0) is 36.0 Å². The second-order valence-electron chi connectivity index (χ2n) is 6.47. The Bertz CT molecular complexity index is 996. The molecule has 2 fully saturated rings. The van der Waals surface area contributed by atoms with Gasteiger partial charge in [-0.15, -0.1) is 0 Å². The van der Waals surface area contributed by atoms with Crippen LogP contribution >= 0.6 is 27.7 Å². The van der Waals surface area contributed by atoms with Crippen LogP contribution in [0.3, 0.4) is 0 Å². The third-order valence-corrected chi connectivity index (χ3v) is 5.94. The minimum atomic E-state index is -0.484. The lowest BCUT2D eigenvalue weighted by Gasteiger charge is -2.27. The van der Waals surface area contributed by atoms with E-state index in [1.807, 2.05) is 24.3 Å². The summed E-state index contributed by atoms with van der Waals surface area (Å²) in [5, 5.41) is -0.457. The van der Waals surface area contributed by atoms with Crippen molar-refractivity contribution in [1.82, 2.24) is 9.80 Å². The number of amides is 3. The van der Waals surface area contributed by atoms with E-state index in [2.05, 4.69) is 15.9 Å². The molecule has 0 atom stereocenters. The highest BCUT2D eigenvalue weighted by Crippen LogP contribution is 2.33. The standard InChI is InChI=1S/C20H17BrN2O5S/c21-14-3-1-2-13(10-14)16-5-4-15(28-16)11-17-19(25)23(20(26)29-17)12-18(24)22-6-8-27-9-7-22/h1-5,10-11H,6-9,12H2/b17-11-. The van der Waals surface area contributed by atoms with Gasteiger partial charge in [0.05, 0.1) is 18.1 Å². The van der Waals surface area contributed by atoms with Crippen LogP contribution in [0.15, 0.2) is 50.2 Å². The third kappa shape index (κ3) is 4.47. The molecule has 0 N–H and O–H groups in total. The fourth-order valence-corrected chi connectivity index (χ4v) is 4.26. The van der Waals surface area contributed by atoms with Gasteiger partial charge in [0, 0.05) is 29.2 Å². The summed E-state index contributed by atoms with van der Waals surface area (Å²) < 4.78 is 11.9. The van der Waals surface area contributed by atoms with Crippen LogP contribution in [-0.4, -0.2) is 59.7 Å². The molecular formula is C20H17BrN2O5S. The molecule has 2 aliphatic heterocycles. The normalized spacial score (nSPS) is 18.7. The second-order valence-corrected chi connectivity index (χ2v) is 8.38. The molecule has 29 heavy (non-hydrogen) atoms. The highest BCUT2D eigenvalue weighted by atomic mass is 79.9. The van der Waals surface area contributed by atoms with Gasteiger partial charge in [-0.2, -0.15) is 0 Å². The molecule has 0 saturated carbocycles. The Balaban J connectivity index is 1.47. The molecule has 150 valence electrons. The number of imide groups is 1. The van der Waals surface area contributed by atoms with Crippen molar-refractivity contribution in [3.63, 3.8) is 0 Å². The van der Waals surface area contributed by atoms with Gasteiger partial charge < -0.3 is 14.1 Å². The molecule has 3 heterocycles. The van der Waals surface area contributed by atoms with E-state index in [0.717, 1.165) is 26.7 Å². The van der Waals surface area contributed by atoms with Crippen LogP contribution in [0.4, 0.5) is 4.79 Å². The topological polar surface area (TPSA) is 80.1 Å². The molecule has 3 amide bonds. The smallest absolute Gasteiger partial charge is 0.294 e. The first-order chi connectivity index (χ1) is 14.0. The first-order valence-electron chi connectivity index (χ1n) is 8.98.